The second-order valence-electron chi connectivity index (χ2n) is 3.29. The SMILES string of the molecule is CSc1cccnc1OCc1ccccc1. The summed E-state index contributed by atoms with van der Waals surface area (Å²) < 4.78 is 5.68. The molecule has 16 heavy (non-hydrogen) atoms. The molecule has 0 atom stereocenters. The Hall–Kier alpha value is -1.48. The molecule has 3 heteroatoms. The standard InChI is InChI=1S/C13H13NOS/c1-16-12-8-5-9-14-13(12)15-10-11-6-3-2-4-7-11/h2-9H,10H2,1H3. The molecular weight excluding hydrogens is 218 g/mol. The number of benzene rings is 1. The number of pyridine rings is 1. The van der Waals surface area contributed by atoms with Gasteiger partial charge in [-0.3, -0.25) is 0 Å². The highest BCUT2D eigenvalue weighted by Gasteiger charge is 2.02. The van der Waals surface area contributed by atoms with Crippen LogP contribution in [-0.2, 0) is 6.61 Å². The van der Waals surface area contributed by atoms with E-state index in [9.17, 15) is 0 Å². The van der Waals surface area contributed by atoms with Crippen LogP contribution in [0.3, 0.4) is 0 Å². The maximum absolute atomic E-state index is 5.68. The quantitative estimate of drug-likeness (QED) is 0.753. The molecule has 0 aliphatic rings. The molecule has 2 rings (SSSR count). The van der Waals surface area contributed by atoms with Gasteiger partial charge in [0.05, 0.1) is 4.90 Å². The third-order valence-electron chi connectivity index (χ3n) is 2.17. The van der Waals surface area contributed by atoms with E-state index < -0.39 is 0 Å². The van der Waals surface area contributed by atoms with Gasteiger partial charge in [0.1, 0.15) is 6.61 Å². The lowest BCUT2D eigenvalue weighted by atomic mass is 10.2. The van der Waals surface area contributed by atoms with Gasteiger partial charge in [0, 0.05) is 6.20 Å². The number of rotatable bonds is 4. The van der Waals surface area contributed by atoms with Crippen molar-refractivity contribution in [3.63, 3.8) is 0 Å². The van der Waals surface area contributed by atoms with E-state index in [0.717, 1.165) is 10.5 Å². The molecule has 1 aromatic heterocycles. The van der Waals surface area contributed by atoms with Gasteiger partial charge >= 0.3 is 0 Å². The van der Waals surface area contributed by atoms with E-state index >= 15 is 0 Å². The zero-order valence-corrected chi connectivity index (χ0v) is 9.91. The van der Waals surface area contributed by atoms with E-state index in [1.165, 1.54) is 0 Å². The Kier molecular flexibility index (Phi) is 3.83. The van der Waals surface area contributed by atoms with Gasteiger partial charge in [0.25, 0.3) is 0 Å². The van der Waals surface area contributed by atoms with Crippen molar-refractivity contribution >= 4 is 11.8 Å². The summed E-state index contributed by atoms with van der Waals surface area (Å²) in [6, 6.07) is 14.0. The summed E-state index contributed by atoms with van der Waals surface area (Å²) in [5, 5.41) is 0. The van der Waals surface area contributed by atoms with E-state index in [0.29, 0.717) is 12.5 Å². The summed E-state index contributed by atoms with van der Waals surface area (Å²) in [5.41, 5.74) is 1.15. The van der Waals surface area contributed by atoms with E-state index in [2.05, 4.69) is 4.98 Å². The van der Waals surface area contributed by atoms with Crippen LogP contribution in [0.4, 0.5) is 0 Å². The van der Waals surface area contributed by atoms with Crippen LogP contribution in [0, 0.1) is 0 Å². The monoisotopic (exact) mass is 231 g/mol. The Labute approximate surface area is 99.7 Å². The minimum absolute atomic E-state index is 0.561. The number of hydrogen-bond donors (Lipinski definition) is 0. The van der Waals surface area contributed by atoms with Crippen molar-refractivity contribution in [1.82, 2.24) is 4.98 Å². The Bertz CT molecular complexity index is 445. The van der Waals surface area contributed by atoms with Crippen LogP contribution in [0.1, 0.15) is 5.56 Å². The summed E-state index contributed by atoms with van der Waals surface area (Å²) in [5.74, 6) is 0.707. The van der Waals surface area contributed by atoms with E-state index in [1.54, 1.807) is 18.0 Å². The van der Waals surface area contributed by atoms with Crippen molar-refractivity contribution in [2.45, 2.75) is 11.5 Å². The van der Waals surface area contributed by atoms with Gasteiger partial charge in [-0.05, 0) is 24.0 Å². The first-order chi connectivity index (χ1) is 7.90. The molecule has 1 aromatic carbocycles. The summed E-state index contributed by atoms with van der Waals surface area (Å²) in [4.78, 5) is 5.29. The van der Waals surface area contributed by atoms with Gasteiger partial charge in [-0.25, -0.2) is 4.98 Å². The molecule has 0 amide bonds. The summed E-state index contributed by atoms with van der Waals surface area (Å²) in [6.07, 6.45) is 3.77. The molecule has 2 nitrogen and oxygen atoms in total. The molecule has 0 saturated heterocycles. The average Bonchev–Trinajstić information content (AvgIpc) is 2.38. The lowest BCUT2D eigenvalue weighted by Gasteiger charge is -2.08. The van der Waals surface area contributed by atoms with Gasteiger partial charge in [0.2, 0.25) is 5.88 Å². The normalized spacial score (nSPS) is 10.1. The second-order valence-corrected chi connectivity index (χ2v) is 4.13. The maximum Gasteiger partial charge on any atom is 0.227 e. The first-order valence-electron chi connectivity index (χ1n) is 5.06. The maximum atomic E-state index is 5.68. The van der Waals surface area contributed by atoms with Gasteiger partial charge in [-0.2, -0.15) is 0 Å². The number of thioether (sulfide) groups is 1. The molecule has 0 fully saturated rings. The van der Waals surface area contributed by atoms with Crippen LogP contribution in [0.2, 0.25) is 0 Å². The molecule has 0 radical (unpaired) electrons. The fourth-order valence-corrected chi connectivity index (χ4v) is 1.87. The molecular formula is C13H13NOS. The zero-order chi connectivity index (χ0) is 11.2. The highest BCUT2D eigenvalue weighted by molar-refractivity contribution is 7.98. The van der Waals surface area contributed by atoms with Gasteiger partial charge in [0.15, 0.2) is 0 Å². The van der Waals surface area contributed by atoms with Crippen LogP contribution < -0.4 is 4.74 Å². The van der Waals surface area contributed by atoms with E-state index in [1.807, 2.05) is 48.7 Å². The fraction of sp³-hybridized carbons (Fsp3) is 0.154. The minimum atomic E-state index is 0.561. The first kappa shape index (κ1) is 11.0. The molecule has 0 bridgehead atoms. The lowest BCUT2D eigenvalue weighted by Crippen LogP contribution is -1.97. The summed E-state index contributed by atoms with van der Waals surface area (Å²) >= 11 is 1.64. The molecule has 0 unspecified atom stereocenters. The van der Waals surface area contributed by atoms with Crippen LogP contribution >= 0.6 is 11.8 Å². The van der Waals surface area contributed by atoms with E-state index in [-0.39, 0.29) is 0 Å². The smallest absolute Gasteiger partial charge is 0.227 e. The van der Waals surface area contributed by atoms with Crippen LogP contribution in [0.15, 0.2) is 53.6 Å². The van der Waals surface area contributed by atoms with Crippen molar-refractivity contribution in [3.05, 3.63) is 54.2 Å². The predicted octanol–water partition coefficient (Wildman–Crippen LogP) is 3.38. The summed E-state index contributed by atoms with van der Waals surface area (Å²) in [6.45, 7) is 0.561. The number of ether oxygens (including phenoxy) is 1. The highest BCUT2D eigenvalue weighted by atomic mass is 32.2. The van der Waals surface area contributed by atoms with Crippen molar-refractivity contribution in [3.8, 4) is 5.88 Å². The van der Waals surface area contributed by atoms with Crippen LogP contribution in [0.5, 0.6) is 5.88 Å². The molecule has 0 aliphatic heterocycles. The summed E-state index contributed by atoms with van der Waals surface area (Å²) in [7, 11) is 0. The third kappa shape index (κ3) is 2.76. The molecule has 2 aromatic rings. The average molecular weight is 231 g/mol. The van der Waals surface area contributed by atoms with Gasteiger partial charge in [-0.15, -0.1) is 11.8 Å². The molecule has 1 heterocycles. The molecule has 0 N–H and O–H groups in total. The second kappa shape index (κ2) is 5.56. The van der Waals surface area contributed by atoms with Crippen LogP contribution in [-0.4, -0.2) is 11.2 Å². The number of nitrogens with zero attached hydrogens (tertiary/aromatic N) is 1. The Morgan fingerprint density at radius 3 is 2.69 bits per heavy atom. The van der Waals surface area contributed by atoms with Crippen molar-refractivity contribution < 1.29 is 4.74 Å². The van der Waals surface area contributed by atoms with E-state index in [4.69, 9.17) is 4.74 Å². The fourth-order valence-electron chi connectivity index (χ4n) is 1.37. The van der Waals surface area contributed by atoms with Gasteiger partial charge < -0.3 is 4.74 Å². The molecule has 0 aliphatic carbocycles. The molecule has 0 spiro atoms. The Morgan fingerprint density at radius 2 is 1.94 bits per heavy atom. The van der Waals surface area contributed by atoms with Crippen LogP contribution in [0.25, 0.3) is 0 Å². The largest absolute Gasteiger partial charge is 0.472 e. The van der Waals surface area contributed by atoms with Crippen molar-refractivity contribution in [2.75, 3.05) is 6.26 Å². The first-order valence-corrected chi connectivity index (χ1v) is 6.28. The molecule has 82 valence electrons. The lowest BCUT2D eigenvalue weighted by molar-refractivity contribution is 0.286. The minimum Gasteiger partial charge on any atom is -0.472 e. The van der Waals surface area contributed by atoms with Crippen molar-refractivity contribution in [1.29, 1.82) is 0 Å². The highest BCUT2D eigenvalue weighted by Crippen LogP contribution is 2.24. The Morgan fingerprint density at radius 1 is 1.12 bits per heavy atom. The van der Waals surface area contributed by atoms with Gasteiger partial charge in [-0.1, -0.05) is 30.3 Å². The third-order valence-corrected chi connectivity index (χ3v) is 2.93. The van der Waals surface area contributed by atoms with Crippen molar-refractivity contribution in [2.24, 2.45) is 0 Å². The topological polar surface area (TPSA) is 22.1 Å². The Balaban J connectivity index is 2.05. The predicted molar refractivity (Wildman–Crippen MR) is 66.8 cm³/mol. The number of hydrogen-bond acceptors (Lipinski definition) is 3. The zero-order valence-electron chi connectivity index (χ0n) is 9.09. The number of aromatic nitrogens is 1. The molecule has 0 saturated carbocycles.